The first kappa shape index (κ1) is 15.4. The molecule has 0 aliphatic rings. The van der Waals surface area contributed by atoms with Crippen molar-refractivity contribution in [3.05, 3.63) is 29.6 Å². The molecule has 0 radical (unpaired) electrons. The Bertz CT molecular complexity index is 533. The summed E-state index contributed by atoms with van der Waals surface area (Å²) in [7, 11) is 1.23. The minimum absolute atomic E-state index is 0.00765. The van der Waals surface area contributed by atoms with Crippen LogP contribution in [0.4, 0.5) is 14.9 Å². The third-order valence-electron chi connectivity index (χ3n) is 2.30. The summed E-state index contributed by atoms with van der Waals surface area (Å²) in [4.78, 5) is 33.0. The maximum atomic E-state index is 13.1. The molecule has 0 saturated heterocycles. The molecule has 8 heteroatoms. The summed E-state index contributed by atoms with van der Waals surface area (Å²) in [5, 5.41) is 13.4. The quantitative estimate of drug-likeness (QED) is 0.705. The first-order valence-corrected chi connectivity index (χ1v) is 5.58. The van der Waals surface area contributed by atoms with Gasteiger partial charge in [0.05, 0.1) is 19.1 Å². The largest absolute Gasteiger partial charge is 0.478 e. The summed E-state index contributed by atoms with van der Waals surface area (Å²) in [5.41, 5.74) is -0.420. The average molecular weight is 284 g/mol. The van der Waals surface area contributed by atoms with Gasteiger partial charge in [0.25, 0.3) is 0 Å². The minimum atomic E-state index is -1.43. The van der Waals surface area contributed by atoms with E-state index in [1.54, 1.807) is 0 Å². The Morgan fingerprint density at radius 2 is 2.05 bits per heavy atom. The van der Waals surface area contributed by atoms with Crippen molar-refractivity contribution >= 4 is 23.7 Å². The summed E-state index contributed by atoms with van der Waals surface area (Å²) in [5.74, 6) is -2.80. The molecule has 1 aromatic rings. The van der Waals surface area contributed by atoms with Gasteiger partial charge in [-0.25, -0.2) is 14.0 Å². The number of esters is 1. The standard InChI is InChI=1S/C12H13FN2O5/c1-20-10(16)4-5-14-12(19)15-7-2-3-9(13)8(6-7)11(17)18/h2-3,6H,4-5H2,1H3,(H,17,18)(H2,14,15,19). The highest BCUT2D eigenvalue weighted by Gasteiger charge is 2.12. The van der Waals surface area contributed by atoms with Crippen molar-refractivity contribution in [2.45, 2.75) is 6.42 Å². The van der Waals surface area contributed by atoms with E-state index in [4.69, 9.17) is 5.11 Å². The Morgan fingerprint density at radius 3 is 2.65 bits per heavy atom. The molecule has 20 heavy (non-hydrogen) atoms. The van der Waals surface area contributed by atoms with Gasteiger partial charge in [-0.05, 0) is 18.2 Å². The lowest BCUT2D eigenvalue weighted by Gasteiger charge is -2.08. The van der Waals surface area contributed by atoms with E-state index in [0.717, 1.165) is 12.1 Å². The number of amides is 2. The maximum Gasteiger partial charge on any atom is 0.338 e. The molecule has 3 N–H and O–H groups in total. The van der Waals surface area contributed by atoms with E-state index < -0.39 is 29.4 Å². The van der Waals surface area contributed by atoms with Crippen LogP contribution in [0.1, 0.15) is 16.8 Å². The molecule has 1 aromatic carbocycles. The Balaban J connectivity index is 2.56. The Hall–Kier alpha value is -2.64. The van der Waals surface area contributed by atoms with Crippen LogP contribution in [0.5, 0.6) is 0 Å². The van der Waals surface area contributed by atoms with E-state index in [2.05, 4.69) is 15.4 Å². The van der Waals surface area contributed by atoms with Crippen LogP contribution in [0.2, 0.25) is 0 Å². The van der Waals surface area contributed by atoms with E-state index in [1.165, 1.54) is 13.2 Å². The smallest absolute Gasteiger partial charge is 0.338 e. The van der Waals surface area contributed by atoms with Crippen LogP contribution in [0.25, 0.3) is 0 Å². The zero-order valence-corrected chi connectivity index (χ0v) is 10.6. The average Bonchev–Trinajstić information content (AvgIpc) is 2.40. The molecular formula is C12H13FN2O5. The fourth-order valence-electron chi connectivity index (χ4n) is 1.32. The second kappa shape index (κ2) is 7.07. The van der Waals surface area contributed by atoms with Gasteiger partial charge in [0.2, 0.25) is 0 Å². The summed E-state index contributed by atoms with van der Waals surface area (Å²) in [6, 6.07) is 2.52. The summed E-state index contributed by atoms with van der Waals surface area (Å²) >= 11 is 0. The van der Waals surface area contributed by atoms with Gasteiger partial charge < -0.3 is 20.5 Å². The van der Waals surface area contributed by atoms with Crippen molar-refractivity contribution in [3.8, 4) is 0 Å². The second-order valence-electron chi connectivity index (χ2n) is 3.71. The minimum Gasteiger partial charge on any atom is -0.478 e. The van der Waals surface area contributed by atoms with Crippen molar-refractivity contribution in [3.63, 3.8) is 0 Å². The molecule has 0 aromatic heterocycles. The highest BCUT2D eigenvalue weighted by atomic mass is 19.1. The first-order valence-electron chi connectivity index (χ1n) is 5.58. The molecule has 0 heterocycles. The fourth-order valence-corrected chi connectivity index (χ4v) is 1.32. The molecule has 0 aliphatic carbocycles. The molecule has 2 amide bonds. The first-order chi connectivity index (χ1) is 9.43. The molecule has 0 bridgehead atoms. The van der Waals surface area contributed by atoms with E-state index >= 15 is 0 Å². The lowest BCUT2D eigenvalue weighted by molar-refractivity contribution is -0.140. The fraction of sp³-hybridized carbons (Fsp3) is 0.250. The lowest BCUT2D eigenvalue weighted by atomic mass is 10.2. The maximum absolute atomic E-state index is 13.1. The van der Waals surface area contributed by atoms with Crippen LogP contribution in [0.15, 0.2) is 18.2 Å². The molecule has 1 rings (SSSR count). The van der Waals surface area contributed by atoms with Crippen LogP contribution < -0.4 is 10.6 Å². The number of aromatic carboxylic acids is 1. The number of hydrogen-bond donors (Lipinski definition) is 3. The number of urea groups is 1. The highest BCUT2D eigenvalue weighted by molar-refractivity contribution is 5.93. The summed E-state index contributed by atoms with van der Waals surface area (Å²) in [6.07, 6.45) is 0.00765. The van der Waals surface area contributed by atoms with Crippen molar-refractivity contribution in [2.75, 3.05) is 19.0 Å². The van der Waals surface area contributed by atoms with Gasteiger partial charge in [0, 0.05) is 12.2 Å². The zero-order valence-electron chi connectivity index (χ0n) is 10.6. The van der Waals surface area contributed by atoms with Gasteiger partial charge in [0.1, 0.15) is 5.82 Å². The number of anilines is 1. The number of halogens is 1. The summed E-state index contributed by atoms with van der Waals surface area (Å²) in [6.45, 7) is 0.0610. The van der Waals surface area contributed by atoms with Gasteiger partial charge in [-0.2, -0.15) is 0 Å². The van der Waals surface area contributed by atoms with Gasteiger partial charge in [0.15, 0.2) is 0 Å². The highest BCUT2D eigenvalue weighted by Crippen LogP contribution is 2.14. The van der Waals surface area contributed by atoms with Crippen molar-refractivity contribution in [1.29, 1.82) is 0 Å². The zero-order chi connectivity index (χ0) is 15.1. The number of hydrogen-bond acceptors (Lipinski definition) is 4. The molecule has 0 fully saturated rings. The van der Waals surface area contributed by atoms with Crippen molar-refractivity contribution in [1.82, 2.24) is 5.32 Å². The SMILES string of the molecule is COC(=O)CCNC(=O)Nc1ccc(F)c(C(=O)O)c1. The number of benzene rings is 1. The molecule has 7 nitrogen and oxygen atoms in total. The van der Waals surface area contributed by atoms with Gasteiger partial charge in [-0.3, -0.25) is 4.79 Å². The number of nitrogens with one attached hydrogen (secondary N) is 2. The number of ether oxygens (including phenoxy) is 1. The second-order valence-corrected chi connectivity index (χ2v) is 3.71. The molecule has 0 unspecified atom stereocenters. The van der Waals surface area contributed by atoms with Crippen LogP contribution in [-0.4, -0.2) is 36.7 Å². The van der Waals surface area contributed by atoms with Crippen LogP contribution in [0, 0.1) is 5.82 Å². The molecule has 0 atom stereocenters. The topological polar surface area (TPSA) is 105 Å². The Labute approximate surface area is 113 Å². The summed E-state index contributed by atoms with van der Waals surface area (Å²) < 4.78 is 17.5. The van der Waals surface area contributed by atoms with Crippen LogP contribution >= 0.6 is 0 Å². The van der Waals surface area contributed by atoms with E-state index in [0.29, 0.717) is 0 Å². The number of carboxylic acids is 1. The number of carbonyl (C=O) groups is 3. The van der Waals surface area contributed by atoms with Crippen molar-refractivity contribution in [2.24, 2.45) is 0 Å². The third-order valence-corrected chi connectivity index (χ3v) is 2.30. The Kier molecular flexibility index (Phi) is 5.45. The van der Waals surface area contributed by atoms with E-state index in [9.17, 15) is 18.8 Å². The normalized spacial score (nSPS) is 9.70. The molecule has 0 saturated carbocycles. The molecule has 0 aliphatic heterocycles. The van der Waals surface area contributed by atoms with Crippen LogP contribution in [-0.2, 0) is 9.53 Å². The van der Waals surface area contributed by atoms with Gasteiger partial charge in [-0.15, -0.1) is 0 Å². The number of carboxylic acid groups (broad SMARTS) is 1. The third kappa shape index (κ3) is 4.56. The predicted octanol–water partition coefficient (Wildman–Crippen LogP) is 1.21. The van der Waals surface area contributed by atoms with Crippen LogP contribution in [0.3, 0.4) is 0 Å². The van der Waals surface area contributed by atoms with Gasteiger partial charge in [-0.1, -0.05) is 0 Å². The number of methoxy groups -OCH3 is 1. The van der Waals surface area contributed by atoms with E-state index in [-0.39, 0.29) is 18.7 Å². The molecule has 0 spiro atoms. The Morgan fingerprint density at radius 1 is 1.35 bits per heavy atom. The predicted molar refractivity (Wildman–Crippen MR) is 67.0 cm³/mol. The van der Waals surface area contributed by atoms with Gasteiger partial charge >= 0.3 is 18.0 Å². The monoisotopic (exact) mass is 284 g/mol. The number of rotatable bonds is 5. The lowest BCUT2D eigenvalue weighted by Crippen LogP contribution is -2.30. The van der Waals surface area contributed by atoms with Crippen molar-refractivity contribution < 1.29 is 28.6 Å². The molecular weight excluding hydrogens is 271 g/mol. The van der Waals surface area contributed by atoms with E-state index in [1.807, 2.05) is 0 Å². The number of carbonyl (C=O) groups excluding carboxylic acids is 2. The molecule has 108 valence electrons.